The first-order valence-corrected chi connectivity index (χ1v) is 10.9. The van der Waals surface area contributed by atoms with E-state index in [4.69, 9.17) is 4.74 Å². The number of aryl methyl sites for hydroxylation is 2. The number of nitrogens with zero attached hydrogens (tertiary/aromatic N) is 1. The topological polar surface area (TPSA) is 58.6 Å². The summed E-state index contributed by atoms with van der Waals surface area (Å²) in [5.41, 5.74) is 5.45. The Morgan fingerprint density at radius 1 is 1.09 bits per heavy atom. The summed E-state index contributed by atoms with van der Waals surface area (Å²) in [4.78, 5) is 27.3. The molecular formula is C27H27FN2O3. The molecule has 1 heterocycles. The van der Waals surface area contributed by atoms with Gasteiger partial charge in [-0.1, -0.05) is 54.1 Å². The second-order valence-electron chi connectivity index (χ2n) is 8.41. The third kappa shape index (κ3) is 4.81. The second-order valence-corrected chi connectivity index (χ2v) is 8.41. The first-order chi connectivity index (χ1) is 15.9. The summed E-state index contributed by atoms with van der Waals surface area (Å²) in [5, 5.41) is 3.56. The quantitative estimate of drug-likeness (QED) is 0.520. The van der Waals surface area contributed by atoms with Gasteiger partial charge in [0.25, 0.3) is 5.91 Å². The van der Waals surface area contributed by atoms with Crippen molar-refractivity contribution in [1.82, 2.24) is 10.2 Å². The van der Waals surface area contributed by atoms with Gasteiger partial charge in [-0.2, -0.15) is 0 Å². The minimum atomic E-state index is -0.450. The number of hydrogen-bond acceptors (Lipinski definition) is 4. The summed E-state index contributed by atoms with van der Waals surface area (Å²) in [5.74, 6) is -0.766. The van der Waals surface area contributed by atoms with Crippen LogP contribution in [0.2, 0.25) is 0 Å². The number of fused-ring (bicyclic) bond motifs is 1. The predicted molar refractivity (Wildman–Crippen MR) is 124 cm³/mol. The second kappa shape index (κ2) is 9.55. The van der Waals surface area contributed by atoms with E-state index < -0.39 is 6.17 Å². The molecule has 0 radical (unpaired) electrons. The Kier molecular flexibility index (Phi) is 6.56. The van der Waals surface area contributed by atoms with E-state index in [1.807, 2.05) is 50.2 Å². The Hall–Kier alpha value is -3.51. The Morgan fingerprint density at radius 2 is 1.82 bits per heavy atom. The van der Waals surface area contributed by atoms with Crippen molar-refractivity contribution in [2.45, 2.75) is 39.0 Å². The number of nitrogens with one attached hydrogen (secondary N) is 1. The van der Waals surface area contributed by atoms with Gasteiger partial charge in [0.1, 0.15) is 12.0 Å². The smallest absolute Gasteiger partial charge is 0.307 e. The van der Waals surface area contributed by atoms with Crippen LogP contribution in [-0.2, 0) is 16.1 Å². The molecule has 1 aliphatic heterocycles. The Balaban J connectivity index is 1.71. The van der Waals surface area contributed by atoms with Gasteiger partial charge in [0.05, 0.1) is 13.5 Å². The lowest BCUT2D eigenvalue weighted by molar-refractivity contribution is -0.141. The average Bonchev–Trinajstić information content (AvgIpc) is 3.06. The third-order valence-corrected chi connectivity index (χ3v) is 6.08. The highest BCUT2D eigenvalue weighted by Crippen LogP contribution is 2.36. The lowest BCUT2D eigenvalue weighted by atomic mass is 9.96. The molecule has 3 aromatic rings. The SMILES string of the molecule is COC(=O)C[C@@H](N[C@@H]1c2ccccc2C(=O)N1Cc1ccc(F)cc1)c1ccc(C)cc1C. The molecule has 1 N–H and O–H groups in total. The van der Waals surface area contributed by atoms with Crippen LogP contribution < -0.4 is 5.32 Å². The Morgan fingerprint density at radius 3 is 2.52 bits per heavy atom. The predicted octanol–water partition coefficient (Wildman–Crippen LogP) is 4.99. The molecule has 0 saturated heterocycles. The molecule has 5 nitrogen and oxygen atoms in total. The lowest BCUT2D eigenvalue weighted by Crippen LogP contribution is -2.39. The van der Waals surface area contributed by atoms with E-state index in [0.717, 1.165) is 27.8 Å². The van der Waals surface area contributed by atoms with Gasteiger partial charge in [0.15, 0.2) is 0 Å². The van der Waals surface area contributed by atoms with Gasteiger partial charge in [-0.25, -0.2) is 4.39 Å². The molecule has 1 amide bonds. The molecule has 0 bridgehead atoms. The number of ether oxygens (including phenoxy) is 1. The highest BCUT2D eigenvalue weighted by Gasteiger charge is 2.38. The van der Waals surface area contributed by atoms with E-state index in [1.165, 1.54) is 19.2 Å². The maximum Gasteiger partial charge on any atom is 0.307 e. The van der Waals surface area contributed by atoms with Gasteiger partial charge >= 0.3 is 5.97 Å². The number of methoxy groups -OCH3 is 1. The van der Waals surface area contributed by atoms with Crippen LogP contribution >= 0.6 is 0 Å². The van der Waals surface area contributed by atoms with Gasteiger partial charge in [0, 0.05) is 23.7 Å². The van der Waals surface area contributed by atoms with E-state index >= 15 is 0 Å². The van der Waals surface area contributed by atoms with Crippen molar-refractivity contribution in [3.63, 3.8) is 0 Å². The van der Waals surface area contributed by atoms with Crippen LogP contribution in [0.4, 0.5) is 4.39 Å². The molecule has 4 rings (SSSR count). The number of hydrogen-bond donors (Lipinski definition) is 1. The third-order valence-electron chi connectivity index (χ3n) is 6.08. The number of halogens is 1. The minimum Gasteiger partial charge on any atom is -0.469 e. The molecule has 0 fully saturated rings. The number of carbonyl (C=O) groups is 2. The molecule has 3 aromatic carbocycles. The fourth-order valence-corrected chi connectivity index (χ4v) is 4.42. The number of rotatable bonds is 7. The molecule has 0 saturated carbocycles. The number of esters is 1. The maximum atomic E-state index is 13.4. The van der Waals surface area contributed by atoms with E-state index in [0.29, 0.717) is 12.1 Å². The summed E-state index contributed by atoms with van der Waals surface area (Å²) in [6.07, 6.45) is -0.327. The molecule has 2 atom stereocenters. The molecule has 6 heteroatoms. The molecule has 0 spiro atoms. The molecular weight excluding hydrogens is 419 g/mol. The van der Waals surface area contributed by atoms with Crippen molar-refractivity contribution in [1.29, 1.82) is 0 Å². The zero-order valence-electron chi connectivity index (χ0n) is 19.0. The van der Waals surface area contributed by atoms with Crippen molar-refractivity contribution < 1.29 is 18.7 Å². The van der Waals surface area contributed by atoms with E-state index in [2.05, 4.69) is 11.4 Å². The fraction of sp³-hybridized carbons (Fsp3) is 0.259. The maximum absolute atomic E-state index is 13.4. The summed E-state index contributed by atoms with van der Waals surface area (Å²) in [6, 6.07) is 19.3. The van der Waals surface area contributed by atoms with E-state index in [-0.39, 0.29) is 30.2 Å². The highest BCUT2D eigenvalue weighted by atomic mass is 19.1. The van der Waals surface area contributed by atoms with Crippen LogP contribution in [-0.4, -0.2) is 23.9 Å². The van der Waals surface area contributed by atoms with E-state index in [9.17, 15) is 14.0 Å². The molecule has 0 unspecified atom stereocenters. The Bertz CT molecular complexity index is 1180. The monoisotopic (exact) mass is 446 g/mol. The first kappa shape index (κ1) is 22.7. The van der Waals surface area contributed by atoms with Crippen LogP contribution in [0.1, 0.15) is 56.8 Å². The standard InChI is InChI=1S/C27H27FN2O3/c1-17-8-13-21(18(2)14-17)24(15-25(31)33-3)29-26-22-6-4-5-7-23(22)27(32)30(26)16-19-9-11-20(28)12-10-19/h4-14,24,26,29H,15-16H2,1-3H3/t24-,26+/m1/s1. The summed E-state index contributed by atoms with van der Waals surface area (Å²) < 4.78 is 18.4. The van der Waals surface area contributed by atoms with Crippen molar-refractivity contribution in [2.75, 3.05) is 7.11 Å². The van der Waals surface area contributed by atoms with Crippen LogP contribution in [0.3, 0.4) is 0 Å². The highest BCUT2D eigenvalue weighted by molar-refractivity contribution is 5.99. The van der Waals surface area contributed by atoms with Crippen molar-refractivity contribution in [3.05, 3.63) is 106 Å². The number of carbonyl (C=O) groups excluding carboxylic acids is 2. The van der Waals surface area contributed by atoms with Gasteiger partial charge in [0.2, 0.25) is 0 Å². The lowest BCUT2D eigenvalue weighted by Gasteiger charge is -2.31. The summed E-state index contributed by atoms with van der Waals surface area (Å²) >= 11 is 0. The van der Waals surface area contributed by atoms with Gasteiger partial charge in [-0.05, 0) is 48.7 Å². The first-order valence-electron chi connectivity index (χ1n) is 10.9. The average molecular weight is 447 g/mol. The zero-order valence-corrected chi connectivity index (χ0v) is 19.0. The summed E-state index contributed by atoms with van der Waals surface area (Å²) in [7, 11) is 1.37. The van der Waals surface area contributed by atoms with Gasteiger partial charge in [-0.15, -0.1) is 0 Å². The fourth-order valence-electron chi connectivity index (χ4n) is 4.42. The molecule has 33 heavy (non-hydrogen) atoms. The Labute approximate surface area is 193 Å². The van der Waals surface area contributed by atoms with Crippen LogP contribution in [0, 0.1) is 19.7 Å². The molecule has 170 valence electrons. The zero-order chi connectivity index (χ0) is 23.5. The molecule has 0 aliphatic carbocycles. The largest absolute Gasteiger partial charge is 0.469 e. The van der Waals surface area contributed by atoms with Gasteiger partial charge < -0.3 is 9.64 Å². The van der Waals surface area contributed by atoms with Crippen molar-refractivity contribution >= 4 is 11.9 Å². The number of benzene rings is 3. The molecule has 0 aromatic heterocycles. The van der Waals surface area contributed by atoms with Crippen molar-refractivity contribution in [3.8, 4) is 0 Å². The minimum absolute atomic E-state index is 0.107. The molecule has 1 aliphatic rings. The van der Waals surface area contributed by atoms with Crippen LogP contribution in [0.5, 0.6) is 0 Å². The van der Waals surface area contributed by atoms with Crippen LogP contribution in [0.15, 0.2) is 66.7 Å². The van der Waals surface area contributed by atoms with Gasteiger partial charge in [-0.3, -0.25) is 14.9 Å². The van der Waals surface area contributed by atoms with Crippen LogP contribution in [0.25, 0.3) is 0 Å². The van der Waals surface area contributed by atoms with Crippen molar-refractivity contribution in [2.24, 2.45) is 0 Å². The normalized spacial score (nSPS) is 15.9. The summed E-state index contributed by atoms with van der Waals surface area (Å²) in [6.45, 7) is 4.34. The number of amides is 1. The van der Waals surface area contributed by atoms with E-state index in [1.54, 1.807) is 17.0 Å².